The number of aromatic nitrogens is 2. The van der Waals surface area contributed by atoms with E-state index in [4.69, 9.17) is 4.98 Å². The third-order valence-electron chi connectivity index (χ3n) is 4.92. The second-order valence-corrected chi connectivity index (χ2v) is 7.17. The minimum Gasteiger partial charge on any atom is -0.363 e. The summed E-state index contributed by atoms with van der Waals surface area (Å²) in [5.74, 6) is 1.77. The standard InChI is InChI=1S/C20H26N4O/c1-15-13-17(23(3)4)22-19(21-15)20(2)11-8-12-24(20)18(25)14-16-9-6-5-7-10-16/h5-7,9-10,13H,8,11-12,14H2,1-4H3/t20-/m1/s1. The number of amides is 1. The van der Waals surface area contributed by atoms with Gasteiger partial charge < -0.3 is 9.80 Å². The highest BCUT2D eigenvalue weighted by Crippen LogP contribution is 2.37. The molecule has 0 bridgehead atoms. The van der Waals surface area contributed by atoms with Crippen LogP contribution in [0.5, 0.6) is 0 Å². The van der Waals surface area contributed by atoms with Gasteiger partial charge >= 0.3 is 0 Å². The quantitative estimate of drug-likeness (QED) is 0.860. The van der Waals surface area contributed by atoms with Gasteiger partial charge in [-0.15, -0.1) is 0 Å². The van der Waals surface area contributed by atoms with Crippen molar-refractivity contribution in [2.45, 2.75) is 38.6 Å². The van der Waals surface area contributed by atoms with E-state index >= 15 is 0 Å². The van der Waals surface area contributed by atoms with Crippen LogP contribution >= 0.6 is 0 Å². The molecule has 1 amide bonds. The molecule has 5 heteroatoms. The molecule has 1 saturated heterocycles. The normalized spacial score (nSPS) is 19.9. The van der Waals surface area contributed by atoms with E-state index in [1.165, 1.54) is 0 Å². The van der Waals surface area contributed by atoms with Gasteiger partial charge in [-0.1, -0.05) is 30.3 Å². The van der Waals surface area contributed by atoms with Crippen molar-refractivity contribution in [1.29, 1.82) is 0 Å². The number of anilines is 1. The van der Waals surface area contributed by atoms with Crippen LogP contribution in [0.4, 0.5) is 5.82 Å². The highest BCUT2D eigenvalue weighted by molar-refractivity contribution is 5.80. The maximum absolute atomic E-state index is 13.0. The first kappa shape index (κ1) is 17.4. The molecule has 5 nitrogen and oxygen atoms in total. The van der Waals surface area contributed by atoms with Gasteiger partial charge in [-0.3, -0.25) is 4.79 Å². The van der Waals surface area contributed by atoms with Crippen LogP contribution in [-0.4, -0.2) is 41.4 Å². The molecule has 0 N–H and O–H groups in total. The van der Waals surface area contributed by atoms with Crippen molar-refractivity contribution in [2.75, 3.05) is 25.5 Å². The Bertz CT molecular complexity index is 760. The molecule has 0 radical (unpaired) electrons. The number of hydrogen-bond donors (Lipinski definition) is 0. The van der Waals surface area contributed by atoms with Crippen LogP contribution < -0.4 is 4.90 Å². The van der Waals surface area contributed by atoms with Gasteiger partial charge in [0.1, 0.15) is 5.82 Å². The third kappa shape index (κ3) is 3.50. The number of carbonyl (C=O) groups excluding carboxylic acids is 1. The fraction of sp³-hybridized carbons (Fsp3) is 0.450. The fourth-order valence-corrected chi connectivity index (χ4v) is 3.48. The second kappa shape index (κ2) is 6.82. The Balaban J connectivity index is 1.90. The van der Waals surface area contributed by atoms with Gasteiger partial charge in [0.25, 0.3) is 0 Å². The zero-order chi connectivity index (χ0) is 18.0. The van der Waals surface area contributed by atoms with Gasteiger partial charge in [0.05, 0.1) is 12.0 Å². The fourth-order valence-electron chi connectivity index (χ4n) is 3.48. The first-order chi connectivity index (χ1) is 11.9. The van der Waals surface area contributed by atoms with Gasteiger partial charge in [0.2, 0.25) is 5.91 Å². The molecule has 2 heterocycles. The summed E-state index contributed by atoms with van der Waals surface area (Å²) in [5.41, 5.74) is 1.53. The van der Waals surface area contributed by atoms with E-state index in [1.54, 1.807) is 0 Å². The van der Waals surface area contributed by atoms with Crippen molar-refractivity contribution < 1.29 is 4.79 Å². The van der Waals surface area contributed by atoms with Crippen molar-refractivity contribution in [2.24, 2.45) is 0 Å². The summed E-state index contributed by atoms with van der Waals surface area (Å²) in [6.45, 7) is 4.83. The first-order valence-electron chi connectivity index (χ1n) is 8.78. The van der Waals surface area contributed by atoms with Crippen LogP contribution in [0.2, 0.25) is 0 Å². The average molecular weight is 338 g/mol. The van der Waals surface area contributed by atoms with E-state index < -0.39 is 5.54 Å². The van der Waals surface area contributed by atoms with E-state index in [-0.39, 0.29) is 5.91 Å². The Hall–Kier alpha value is -2.43. The lowest BCUT2D eigenvalue weighted by molar-refractivity contribution is -0.134. The van der Waals surface area contributed by atoms with Gasteiger partial charge in [0, 0.05) is 32.4 Å². The SMILES string of the molecule is Cc1cc(N(C)C)nc([C@@]2(C)CCCN2C(=O)Cc2ccccc2)n1. The van der Waals surface area contributed by atoms with Crippen molar-refractivity contribution >= 4 is 11.7 Å². The molecule has 0 spiro atoms. The molecular weight excluding hydrogens is 312 g/mol. The largest absolute Gasteiger partial charge is 0.363 e. The molecule has 0 aliphatic carbocycles. The topological polar surface area (TPSA) is 49.3 Å². The van der Waals surface area contributed by atoms with E-state index in [1.807, 2.05) is 67.2 Å². The minimum absolute atomic E-state index is 0.141. The maximum atomic E-state index is 13.0. The molecule has 25 heavy (non-hydrogen) atoms. The summed E-state index contributed by atoms with van der Waals surface area (Å²) in [6, 6.07) is 11.9. The molecule has 1 fully saturated rings. The van der Waals surface area contributed by atoms with Gasteiger partial charge in [-0.2, -0.15) is 0 Å². The zero-order valence-electron chi connectivity index (χ0n) is 15.5. The van der Waals surface area contributed by atoms with Crippen molar-refractivity contribution in [1.82, 2.24) is 14.9 Å². The van der Waals surface area contributed by atoms with Crippen molar-refractivity contribution in [3.63, 3.8) is 0 Å². The predicted molar refractivity (Wildman–Crippen MR) is 99.5 cm³/mol. The molecule has 0 saturated carbocycles. The van der Waals surface area contributed by atoms with Crippen LogP contribution in [0.3, 0.4) is 0 Å². The number of aryl methyl sites for hydroxylation is 1. The van der Waals surface area contributed by atoms with Gasteiger partial charge in [0.15, 0.2) is 5.82 Å². The predicted octanol–water partition coefficient (Wildman–Crippen LogP) is 2.93. The smallest absolute Gasteiger partial charge is 0.227 e. The van der Waals surface area contributed by atoms with Crippen LogP contribution in [0.1, 0.15) is 36.8 Å². The first-order valence-corrected chi connectivity index (χ1v) is 8.78. The molecule has 132 valence electrons. The average Bonchev–Trinajstić information content (AvgIpc) is 2.98. The van der Waals surface area contributed by atoms with Gasteiger partial charge in [-0.25, -0.2) is 9.97 Å². The van der Waals surface area contributed by atoms with Gasteiger partial charge in [-0.05, 0) is 32.3 Å². The minimum atomic E-state index is -0.442. The summed E-state index contributed by atoms with van der Waals surface area (Å²) >= 11 is 0. The molecule has 1 aliphatic rings. The summed E-state index contributed by atoms with van der Waals surface area (Å²) in [6.07, 6.45) is 2.29. The van der Waals surface area contributed by atoms with Crippen LogP contribution in [0.25, 0.3) is 0 Å². The second-order valence-electron chi connectivity index (χ2n) is 7.17. The Labute approximate surface area is 149 Å². The number of carbonyl (C=O) groups is 1. The van der Waals surface area contributed by atoms with Crippen LogP contribution in [0.15, 0.2) is 36.4 Å². The molecule has 0 unspecified atom stereocenters. The zero-order valence-corrected chi connectivity index (χ0v) is 15.5. The lowest BCUT2D eigenvalue weighted by Crippen LogP contribution is -2.45. The lowest BCUT2D eigenvalue weighted by Gasteiger charge is -2.34. The molecule has 1 aromatic heterocycles. The summed E-state index contributed by atoms with van der Waals surface area (Å²) < 4.78 is 0. The molecule has 1 aromatic carbocycles. The molecule has 3 rings (SSSR count). The number of benzene rings is 1. The number of nitrogens with zero attached hydrogens (tertiary/aromatic N) is 4. The Kier molecular flexibility index (Phi) is 4.75. The van der Waals surface area contributed by atoms with Crippen LogP contribution in [-0.2, 0) is 16.8 Å². The van der Waals surface area contributed by atoms with Crippen LogP contribution in [0, 0.1) is 6.92 Å². The summed E-state index contributed by atoms with van der Waals surface area (Å²) in [7, 11) is 3.95. The van der Waals surface area contributed by atoms with E-state index in [2.05, 4.69) is 11.9 Å². The summed E-state index contributed by atoms with van der Waals surface area (Å²) in [5, 5.41) is 0. The monoisotopic (exact) mass is 338 g/mol. The third-order valence-corrected chi connectivity index (χ3v) is 4.92. The molecule has 1 aliphatic heterocycles. The molecule has 1 atom stereocenters. The van der Waals surface area contributed by atoms with E-state index in [0.29, 0.717) is 6.42 Å². The molecular formula is C20H26N4O. The highest BCUT2D eigenvalue weighted by Gasteiger charge is 2.43. The highest BCUT2D eigenvalue weighted by atomic mass is 16.2. The number of likely N-dealkylation sites (tertiary alicyclic amines) is 1. The Morgan fingerprint density at radius 2 is 1.96 bits per heavy atom. The van der Waals surface area contributed by atoms with Crippen molar-refractivity contribution in [3.8, 4) is 0 Å². The Morgan fingerprint density at radius 1 is 1.24 bits per heavy atom. The lowest BCUT2D eigenvalue weighted by atomic mass is 9.96. The summed E-state index contributed by atoms with van der Waals surface area (Å²) in [4.78, 5) is 26.3. The maximum Gasteiger partial charge on any atom is 0.227 e. The Morgan fingerprint density at radius 3 is 2.64 bits per heavy atom. The van der Waals surface area contributed by atoms with E-state index in [0.717, 1.165) is 42.3 Å². The molecule has 2 aromatic rings. The van der Waals surface area contributed by atoms with E-state index in [9.17, 15) is 4.79 Å². The number of rotatable bonds is 4. The van der Waals surface area contributed by atoms with Crippen molar-refractivity contribution in [3.05, 3.63) is 53.5 Å². The number of hydrogen-bond acceptors (Lipinski definition) is 4.